The number of rotatable bonds is 2. The number of esters is 1. The number of hydrogen-bond donors (Lipinski definition) is 1. The van der Waals surface area contributed by atoms with Crippen molar-refractivity contribution in [3.05, 3.63) is 29.6 Å². The van der Waals surface area contributed by atoms with Crippen molar-refractivity contribution in [1.29, 1.82) is 0 Å². The van der Waals surface area contributed by atoms with Crippen LogP contribution in [0.15, 0.2) is 18.2 Å². The molecule has 1 aromatic rings. The van der Waals surface area contributed by atoms with Gasteiger partial charge < -0.3 is 9.84 Å². The fraction of sp³-hybridized carbons (Fsp3) is 0.273. The maximum Gasteiger partial charge on any atom is 0.356 e. The molecule has 0 saturated carbocycles. The second-order valence-corrected chi connectivity index (χ2v) is 2.59. The first-order chi connectivity index (χ1) is 7.27. The highest BCUT2D eigenvalue weighted by atomic mass is 16.5. The number of carbonyl (C=O) groups excluding carboxylic acids is 1. The van der Waals surface area contributed by atoms with Gasteiger partial charge in [-0.05, 0) is 25.0 Å². The normalized spacial score (nSPS) is 8.93. The molecule has 0 aliphatic carbocycles. The summed E-state index contributed by atoms with van der Waals surface area (Å²) in [7, 11) is 0. The Labute approximate surface area is 87.9 Å². The molecule has 1 N–H and O–H groups in total. The number of aliphatic hydroxyl groups excluding tert-OH is 1. The molecule has 0 aliphatic heterocycles. The first kappa shape index (κ1) is 11.2. The molecule has 0 aromatic carbocycles. The number of ether oxygens (including phenoxy) is 1. The Hall–Kier alpha value is -1.86. The third-order valence-corrected chi connectivity index (χ3v) is 1.53. The lowest BCUT2D eigenvalue weighted by Gasteiger charge is -2.00. The fourth-order valence-electron chi connectivity index (χ4n) is 0.953. The zero-order chi connectivity index (χ0) is 11.1. The number of nitrogens with zero attached hydrogens (tertiary/aromatic N) is 1. The van der Waals surface area contributed by atoms with Crippen LogP contribution in [0, 0.1) is 11.8 Å². The molecule has 1 rings (SSSR count). The summed E-state index contributed by atoms with van der Waals surface area (Å²) in [6.45, 7) is 1.81. The molecule has 15 heavy (non-hydrogen) atoms. The third kappa shape index (κ3) is 3.41. The molecule has 4 heteroatoms. The Morgan fingerprint density at radius 2 is 2.40 bits per heavy atom. The van der Waals surface area contributed by atoms with E-state index in [0.717, 1.165) is 0 Å². The molecule has 0 fully saturated rings. The second kappa shape index (κ2) is 5.78. The Morgan fingerprint density at radius 3 is 3.07 bits per heavy atom. The van der Waals surface area contributed by atoms with Crippen molar-refractivity contribution in [2.75, 3.05) is 13.2 Å². The summed E-state index contributed by atoms with van der Waals surface area (Å²) in [4.78, 5) is 15.3. The smallest absolute Gasteiger partial charge is 0.356 e. The largest absolute Gasteiger partial charge is 0.461 e. The summed E-state index contributed by atoms with van der Waals surface area (Å²) >= 11 is 0. The van der Waals surface area contributed by atoms with E-state index in [9.17, 15) is 4.79 Å². The molecule has 0 saturated heterocycles. The van der Waals surface area contributed by atoms with Crippen molar-refractivity contribution in [3.8, 4) is 11.8 Å². The number of aromatic nitrogens is 1. The van der Waals surface area contributed by atoms with Crippen molar-refractivity contribution in [3.63, 3.8) is 0 Å². The van der Waals surface area contributed by atoms with E-state index in [1.54, 1.807) is 25.1 Å². The minimum absolute atomic E-state index is 0.224. The highest BCUT2D eigenvalue weighted by Gasteiger charge is 2.07. The number of hydrogen-bond acceptors (Lipinski definition) is 4. The molecular formula is C11H11NO3. The average molecular weight is 205 g/mol. The lowest BCUT2D eigenvalue weighted by Crippen LogP contribution is -2.07. The van der Waals surface area contributed by atoms with Gasteiger partial charge in [-0.25, -0.2) is 9.78 Å². The van der Waals surface area contributed by atoms with E-state index in [0.29, 0.717) is 12.3 Å². The van der Waals surface area contributed by atoms with Gasteiger partial charge in [-0.15, -0.1) is 0 Å². The molecule has 0 aliphatic rings. The molecular weight excluding hydrogens is 194 g/mol. The molecule has 1 heterocycles. The molecule has 4 nitrogen and oxygen atoms in total. The first-order valence-corrected chi connectivity index (χ1v) is 4.52. The zero-order valence-electron chi connectivity index (χ0n) is 8.36. The van der Waals surface area contributed by atoms with E-state index in [4.69, 9.17) is 9.84 Å². The van der Waals surface area contributed by atoms with Crippen LogP contribution in [0.1, 0.15) is 23.1 Å². The number of carbonyl (C=O) groups is 1. The SMILES string of the molecule is CCOC(=O)c1cccc(C#CCO)n1. The Morgan fingerprint density at radius 1 is 1.60 bits per heavy atom. The zero-order valence-corrected chi connectivity index (χ0v) is 8.36. The minimum Gasteiger partial charge on any atom is -0.461 e. The van der Waals surface area contributed by atoms with Crippen molar-refractivity contribution < 1.29 is 14.6 Å². The Bertz CT molecular complexity index is 404. The van der Waals surface area contributed by atoms with Gasteiger partial charge in [0, 0.05) is 0 Å². The van der Waals surface area contributed by atoms with E-state index in [2.05, 4.69) is 16.8 Å². The van der Waals surface area contributed by atoms with Crippen LogP contribution < -0.4 is 0 Å². The van der Waals surface area contributed by atoms with E-state index >= 15 is 0 Å². The molecule has 0 unspecified atom stereocenters. The van der Waals surface area contributed by atoms with Crippen LogP contribution >= 0.6 is 0 Å². The Kier molecular flexibility index (Phi) is 4.32. The first-order valence-electron chi connectivity index (χ1n) is 4.52. The third-order valence-electron chi connectivity index (χ3n) is 1.53. The van der Waals surface area contributed by atoms with Crippen LogP contribution in [0.25, 0.3) is 0 Å². The number of pyridine rings is 1. The Balaban J connectivity index is 2.87. The predicted octanol–water partition coefficient (Wildman–Crippen LogP) is 0.602. The van der Waals surface area contributed by atoms with E-state index in [1.165, 1.54) is 0 Å². The quantitative estimate of drug-likeness (QED) is 0.567. The van der Waals surface area contributed by atoms with Crippen LogP contribution in [-0.2, 0) is 4.74 Å². The predicted molar refractivity (Wildman–Crippen MR) is 54.2 cm³/mol. The summed E-state index contributed by atoms with van der Waals surface area (Å²) in [6, 6.07) is 4.88. The lowest BCUT2D eigenvalue weighted by atomic mass is 10.3. The lowest BCUT2D eigenvalue weighted by molar-refractivity contribution is 0.0519. The summed E-state index contributed by atoms with van der Waals surface area (Å²) in [6.07, 6.45) is 0. The van der Waals surface area contributed by atoms with Gasteiger partial charge in [0.2, 0.25) is 0 Å². The van der Waals surface area contributed by atoms with E-state index in [1.807, 2.05) is 0 Å². The molecule has 78 valence electrons. The van der Waals surface area contributed by atoms with Crippen molar-refractivity contribution >= 4 is 5.97 Å². The summed E-state index contributed by atoms with van der Waals surface area (Å²) < 4.78 is 4.79. The van der Waals surface area contributed by atoms with E-state index < -0.39 is 5.97 Å². The van der Waals surface area contributed by atoms with Gasteiger partial charge in [0.05, 0.1) is 6.61 Å². The molecule has 0 atom stereocenters. The van der Waals surface area contributed by atoms with Crippen LogP contribution in [0.5, 0.6) is 0 Å². The summed E-state index contributed by atoms with van der Waals surface area (Å²) in [5.41, 5.74) is 0.663. The highest BCUT2D eigenvalue weighted by Crippen LogP contribution is 2.00. The van der Waals surface area contributed by atoms with Crippen molar-refractivity contribution in [2.24, 2.45) is 0 Å². The van der Waals surface area contributed by atoms with Crippen molar-refractivity contribution in [1.82, 2.24) is 4.98 Å². The van der Waals surface area contributed by atoms with Crippen LogP contribution in [0.4, 0.5) is 0 Å². The van der Waals surface area contributed by atoms with Gasteiger partial charge in [-0.1, -0.05) is 12.0 Å². The van der Waals surface area contributed by atoms with Gasteiger partial charge in [-0.3, -0.25) is 0 Å². The molecule has 0 amide bonds. The summed E-state index contributed by atoms with van der Waals surface area (Å²) in [5, 5.41) is 8.50. The summed E-state index contributed by atoms with van der Waals surface area (Å²) in [5.74, 6) is 4.60. The van der Waals surface area contributed by atoms with Crippen LogP contribution in [-0.4, -0.2) is 29.3 Å². The molecule has 0 bridgehead atoms. The highest BCUT2D eigenvalue weighted by molar-refractivity contribution is 5.87. The minimum atomic E-state index is -0.467. The second-order valence-electron chi connectivity index (χ2n) is 2.59. The van der Waals surface area contributed by atoms with Gasteiger partial charge in [-0.2, -0.15) is 0 Å². The standard InChI is InChI=1S/C11H11NO3/c1-2-15-11(14)10-7-3-5-9(12-10)6-4-8-13/h3,5,7,13H,2,8H2,1H3. The maximum absolute atomic E-state index is 11.3. The van der Waals surface area contributed by atoms with Crippen LogP contribution in [0.2, 0.25) is 0 Å². The van der Waals surface area contributed by atoms with Crippen molar-refractivity contribution in [2.45, 2.75) is 6.92 Å². The number of aliphatic hydroxyl groups is 1. The van der Waals surface area contributed by atoms with Gasteiger partial charge in [0.15, 0.2) is 0 Å². The molecule has 0 radical (unpaired) electrons. The fourth-order valence-corrected chi connectivity index (χ4v) is 0.953. The van der Waals surface area contributed by atoms with Gasteiger partial charge >= 0.3 is 5.97 Å². The average Bonchev–Trinajstić information content (AvgIpc) is 2.27. The topological polar surface area (TPSA) is 59.4 Å². The van der Waals surface area contributed by atoms with Crippen LogP contribution in [0.3, 0.4) is 0 Å². The van der Waals surface area contributed by atoms with E-state index in [-0.39, 0.29) is 12.3 Å². The molecule has 1 aromatic heterocycles. The maximum atomic E-state index is 11.3. The molecule has 0 spiro atoms. The monoisotopic (exact) mass is 205 g/mol. The van der Waals surface area contributed by atoms with Gasteiger partial charge in [0.1, 0.15) is 18.0 Å². The van der Waals surface area contributed by atoms with Gasteiger partial charge in [0.25, 0.3) is 0 Å².